The van der Waals surface area contributed by atoms with Gasteiger partial charge in [0.2, 0.25) is 5.91 Å². The molecule has 6 heteroatoms. The molecule has 124 valence electrons. The predicted molar refractivity (Wildman–Crippen MR) is 98.8 cm³/mol. The lowest BCUT2D eigenvalue weighted by Gasteiger charge is -2.36. The highest BCUT2D eigenvalue weighted by Gasteiger charge is 2.28. The van der Waals surface area contributed by atoms with Gasteiger partial charge in [0, 0.05) is 34.4 Å². The van der Waals surface area contributed by atoms with E-state index in [1.54, 1.807) is 11.3 Å². The Hall–Kier alpha value is -1.07. The van der Waals surface area contributed by atoms with E-state index in [1.165, 1.54) is 4.88 Å². The fourth-order valence-corrected chi connectivity index (χ4v) is 3.93. The van der Waals surface area contributed by atoms with Crippen LogP contribution in [0.5, 0.6) is 0 Å². The van der Waals surface area contributed by atoms with Crippen LogP contribution in [0.4, 0.5) is 0 Å². The van der Waals surface area contributed by atoms with Crippen LogP contribution in [0.15, 0.2) is 36.4 Å². The van der Waals surface area contributed by atoms with Crippen molar-refractivity contribution in [2.24, 2.45) is 0 Å². The average molecular weight is 371 g/mol. The van der Waals surface area contributed by atoms with Crippen LogP contribution in [0.25, 0.3) is 0 Å². The maximum atomic E-state index is 12.7. The zero-order valence-electron chi connectivity index (χ0n) is 12.9. The van der Waals surface area contributed by atoms with E-state index in [0.717, 1.165) is 30.1 Å². The minimum Gasteiger partial charge on any atom is -0.333 e. The molecule has 1 atom stereocenters. The number of hydrogen-bond donors (Lipinski definition) is 1. The summed E-state index contributed by atoms with van der Waals surface area (Å²) in [5.74, 6) is 0.188. The second kappa shape index (κ2) is 8.15. The summed E-state index contributed by atoms with van der Waals surface area (Å²) in [5.41, 5.74) is 1.09. The fourth-order valence-electron chi connectivity index (χ4n) is 2.85. The zero-order valence-corrected chi connectivity index (χ0v) is 15.3. The number of carbonyl (C=O) groups is 1. The summed E-state index contributed by atoms with van der Waals surface area (Å²) in [5, 5.41) is 4.08. The van der Waals surface area contributed by atoms with Gasteiger partial charge < -0.3 is 10.2 Å². The number of amides is 1. The van der Waals surface area contributed by atoms with Gasteiger partial charge in [-0.3, -0.25) is 4.79 Å². The smallest absolute Gasteiger partial charge is 0.228 e. The van der Waals surface area contributed by atoms with Crippen molar-refractivity contribution in [3.63, 3.8) is 0 Å². The van der Waals surface area contributed by atoms with Gasteiger partial charge in [-0.15, -0.1) is 23.7 Å². The summed E-state index contributed by atoms with van der Waals surface area (Å²) in [4.78, 5) is 17.1. The number of hydrogen-bond acceptors (Lipinski definition) is 3. The maximum Gasteiger partial charge on any atom is 0.228 e. The molecule has 0 bridgehead atoms. The Balaban J connectivity index is 0.00000192. The summed E-state index contributed by atoms with van der Waals surface area (Å²) in [6.45, 7) is 4.42. The molecule has 2 heterocycles. The fraction of sp³-hybridized carbons (Fsp3) is 0.353. The van der Waals surface area contributed by atoms with E-state index >= 15 is 0 Å². The van der Waals surface area contributed by atoms with Crippen LogP contribution in [-0.2, 0) is 11.2 Å². The van der Waals surface area contributed by atoms with Crippen molar-refractivity contribution in [1.82, 2.24) is 10.2 Å². The van der Waals surface area contributed by atoms with Crippen LogP contribution >= 0.6 is 35.3 Å². The molecule has 1 aliphatic heterocycles. The molecule has 23 heavy (non-hydrogen) atoms. The second-order valence-electron chi connectivity index (χ2n) is 5.55. The topological polar surface area (TPSA) is 32.3 Å². The molecule has 1 saturated heterocycles. The zero-order chi connectivity index (χ0) is 15.5. The third-order valence-electron chi connectivity index (χ3n) is 3.92. The molecule has 1 fully saturated rings. The summed E-state index contributed by atoms with van der Waals surface area (Å²) >= 11 is 7.80. The normalized spacial score (nSPS) is 17.7. The molecule has 1 N–H and O–H groups in total. The first kappa shape index (κ1) is 18.3. The SMILES string of the molecule is Cc1ccc(CC(=O)N2CCNCC2c2cccc(Cl)c2)s1.Cl. The molecule has 0 spiro atoms. The van der Waals surface area contributed by atoms with E-state index in [1.807, 2.05) is 29.2 Å². The van der Waals surface area contributed by atoms with Gasteiger partial charge >= 0.3 is 0 Å². The van der Waals surface area contributed by atoms with E-state index in [2.05, 4.69) is 24.4 Å². The molecule has 1 aromatic carbocycles. The lowest BCUT2D eigenvalue weighted by molar-refractivity contribution is -0.133. The third kappa shape index (κ3) is 4.48. The van der Waals surface area contributed by atoms with E-state index in [9.17, 15) is 4.79 Å². The van der Waals surface area contributed by atoms with E-state index in [4.69, 9.17) is 11.6 Å². The molecule has 1 aliphatic rings. The van der Waals surface area contributed by atoms with Crippen LogP contribution in [0.3, 0.4) is 0 Å². The minimum absolute atomic E-state index is 0. The van der Waals surface area contributed by atoms with Crippen molar-refractivity contribution >= 4 is 41.3 Å². The number of thiophene rings is 1. The van der Waals surface area contributed by atoms with Crippen molar-refractivity contribution in [3.8, 4) is 0 Å². The quantitative estimate of drug-likeness (QED) is 0.889. The van der Waals surface area contributed by atoms with E-state index in [-0.39, 0.29) is 24.4 Å². The molecule has 1 aromatic heterocycles. The molecular formula is C17H20Cl2N2OS. The number of aryl methyl sites for hydroxylation is 1. The van der Waals surface area contributed by atoms with E-state index in [0.29, 0.717) is 11.4 Å². The summed E-state index contributed by atoms with van der Waals surface area (Å²) in [6.07, 6.45) is 0.482. The first-order valence-electron chi connectivity index (χ1n) is 7.44. The van der Waals surface area contributed by atoms with Gasteiger partial charge in [-0.05, 0) is 36.8 Å². The first-order valence-corrected chi connectivity index (χ1v) is 8.64. The number of nitrogens with one attached hydrogen (secondary N) is 1. The van der Waals surface area contributed by atoms with Gasteiger partial charge in [0.05, 0.1) is 12.5 Å². The van der Waals surface area contributed by atoms with Gasteiger partial charge in [0.1, 0.15) is 0 Å². The molecular weight excluding hydrogens is 351 g/mol. The molecule has 3 rings (SSSR count). The number of halogens is 2. The van der Waals surface area contributed by atoms with Crippen LogP contribution in [0.2, 0.25) is 5.02 Å². The third-order valence-corrected chi connectivity index (χ3v) is 5.15. The molecule has 0 radical (unpaired) electrons. The lowest BCUT2D eigenvalue weighted by atomic mass is 10.0. The highest BCUT2D eigenvalue weighted by Crippen LogP contribution is 2.26. The summed E-state index contributed by atoms with van der Waals surface area (Å²) in [7, 11) is 0. The number of benzene rings is 1. The van der Waals surface area contributed by atoms with Gasteiger partial charge in [0.25, 0.3) is 0 Å². The minimum atomic E-state index is 0. The molecule has 2 aromatic rings. The second-order valence-corrected chi connectivity index (χ2v) is 7.36. The molecule has 0 saturated carbocycles. The Morgan fingerprint density at radius 3 is 2.91 bits per heavy atom. The predicted octanol–water partition coefficient (Wildman–Crippen LogP) is 3.85. The first-order chi connectivity index (χ1) is 10.6. The molecule has 1 unspecified atom stereocenters. The Morgan fingerprint density at radius 2 is 2.22 bits per heavy atom. The van der Waals surface area contributed by atoms with Gasteiger partial charge in [-0.25, -0.2) is 0 Å². The summed E-state index contributed by atoms with van der Waals surface area (Å²) < 4.78 is 0. The van der Waals surface area contributed by atoms with Crippen LogP contribution in [-0.4, -0.2) is 30.4 Å². The standard InChI is InChI=1S/C17H19ClN2OS.ClH/c1-12-5-6-15(22-12)10-17(21)20-8-7-19-11-16(20)13-3-2-4-14(18)9-13;/h2-6,9,16,19H,7-8,10-11H2,1H3;1H. The Morgan fingerprint density at radius 1 is 1.39 bits per heavy atom. The van der Waals surface area contributed by atoms with Crippen LogP contribution < -0.4 is 5.32 Å². The molecule has 0 aliphatic carbocycles. The van der Waals surface area contributed by atoms with Gasteiger partial charge in [0.15, 0.2) is 0 Å². The van der Waals surface area contributed by atoms with E-state index < -0.39 is 0 Å². The maximum absolute atomic E-state index is 12.7. The van der Waals surface area contributed by atoms with Crippen molar-refractivity contribution < 1.29 is 4.79 Å². The highest BCUT2D eigenvalue weighted by molar-refractivity contribution is 7.12. The number of carbonyl (C=O) groups excluding carboxylic acids is 1. The van der Waals surface area contributed by atoms with Gasteiger partial charge in [-0.2, -0.15) is 0 Å². The number of rotatable bonds is 3. The number of nitrogens with zero attached hydrogens (tertiary/aromatic N) is 1. The van der Waals surface area contributed by atoms with Gasteiger partial charge in [-0.1, -0.05) is 23.7 Å². The Labute approximate surface area is 152 Å². The highest BCUT2D eigenvalue weighted by atomic mass is 35.5. The van der Waals surface area contributed by atoms with Crippen molar-refractivity contribution in [2.45, 2.75) is 19.4 Å². The number of piperazine rings is 1. The lowest BCUT2D eigenvalue weighted by Crippen LogP contribution is -2.49. The average Bonchev–Trinajstić information content (AvgIpc) is 2.92. The summed E-state index contributed by atoms with van der Waals surface area (Å²) in [6, 6.07) is 12.0. The Bertz CT molecular complexity index is 674. The monoisotopic (exact) mass is 370 g/mol. The molecule has 1 amide bonds. The molecule has 3 nitrogen and oxygen atoms in total. The largest absolute Gasteiger partial charge is 0.333 e. The van der Waals surface area contributed by atoms with Crippen molar-refractivity contribution in [3.05, 3.63) is 56.7 Å². The van der Waals surface area contributed by atoms with Crippen LogP contribution in [0, 0.1) is 6.92 Å². The van der Waals surface area contributed by atoms with Crippen molar-refractivity contribution in [1.29, 1.82) is 0 Å². The van der Waals surface area contributed by atoms with Crippen LogP contribution in [0.1, 0.15) is 21.4 Å². The van der Waals surface area contributed by atoms with Crippen molar-refractivity contribution in [2.75, 3.05) is 19.6 Å². The Kier molecular flexibility index (Phi) is 6.48.